The van der Waals surface area contributed by atoms with Gasteiger partial charge in [0, 0.05) is 18.4 Å². The average molecular weight is 339 g/mol. The summed E-state index contributed by atoms with van der Waals surface area (Å²) in [6.07, 6.45) is 3.71. The van der Waals surface area contributed by atoms with Crippen molar-refractivity contribution in [2.45, 2.75) is 31.8 Å². The van der Waals surface area contributed by atoms with E-state index in [4.69, 9.17) is 4.74 Å². The van der Waals surface area contributed by atoms with E-state index in [0.29, 0.717) is 22.7 Å². The smallest absolute Gasteiger partial charge is 0.335 e. The minimum atomic E-state index is -1.04. The molecule has 0 radical (unpaired) electrons. The van der Waals surface area contributed by atoms with Gasteiger partial charge in [0.05, 0.1) is 12.2 Å². The summed E-state index contributed by atoms with van der Waals surface area (Å²) < 4.78 is 5.05. The van der Waals surface area contributed by atoms with Crippen LogP contribution in [0.25, 0.3) is 0 Å². The molecule has 5 nitrogen and oxygen atoms in total. The van der Waals surface area contributed by atoms with Gasteiger partial charge in [-0.1, -0.05) is 18.6 Å². The fraction of sp³-hybridized carbons (Fsp3) is 0.300. The van der Waals surface area contributed by atoms with Gasteiger partial charge < -0.3 is 15.2 Å². The molecule has 25 heavy (non-hydrogen) atoms. The number of methoxy groups -OCH3 is 1. The van der Waals surface area contributed by atoms with Crippen LogP contribution in [0.5, 0.6) is 0 Å². The van der Waals surface area contributed by atoms with E-state index in [1.807, 2.05) is 24.3 Å². The molecular formula is C20H21NO4. The Hall–Kier alpha value is -2.66. The summed E-state index contributed by atoms with van der Waals surface area (Å²) in [6, 6.07) is 12.3. The van der Waals surface area contributed by atoms with Gasteiger partial charge in [0.1, 0.15) is 0 Å². The first-order chi connectivity index (χ1) is 12.1. The first kappa shape index (κ1) is 17.2. The lowest BCUT2D eigenvalue weighted by Crippen LogP contribution is -2.14. The van der Waals surface area contributed by atoms with Crippen molar-refractivity contribution in [2.24, 2.45) is 0 Å². The Kier molecular flexibility index (Phi) is 5.14. The number of benzene rings is 2. The second-order valence-corrected chi connectivity index (χ2v) is 6.36. The van der Waals surface area contributed by atoms with Crippen LogP contribution in [0.15, 0.2) is 42.5 Å². The van der Waals surface area contributed by atoms with Crippen molar-refractivity contribution in [3.8, 4) is 0 Å². The Morgan fingerprint density at radius 1 is 1.12 bits per heavy atom. The number of rotatable bonds is 6. The SMILES string of the molecule is COCc1cc(NC(=O)c2ccc(C3CCC3)cc2)cc(C(=O)O)c1. The Labute approximate surface area is 146 Å². The highest BCUT2D eigenvalue weighted by Crippen LogP contribution is 2.36. The third-order valence-electron chi connectivity index (χ3n) is 4.56. The molecule has 1 fully saturated rings. The maximum absolute atomic E-state index is 12.4. The molecule has 1 aliphatic rings. The molecule has 0 atom stereocenters. The van der Waals surface area contributed by atoms with E-state index >= 15 is 0 Å². The van der Waals surface area contributed by atoms with Crippen LogP contribution >= 0.6 is 0 Å². The summed E-state index contributed by atoms with van der Waals surface area (Å²) in [5.74, 6) is -0.676. The molecule has 1 aliphatic carbocycles. The van der Waals surface area contributed by atoms with Gasteiger partial charge in [-0.15, -0.1) is 0 Å². The van der Waals surface area contributed by atoms with E-state index in [2.05, 4.69) is 5.32 Å². The molecule has 3 rings (SSSR count). The van der Waals surface area contributed by atoms with Gasteiger partial charge in [0.2, 0.25) is 0 Å². The van der Waals surface area contributed by atoms with Crippen LogP contribution in [-0.2, 0) is 11.3 Å². The predicted molar refractivity (Wildman–Crippen MR) is 95.1 cm³/mol. The van der Waals surface area contributed by atoms with Crippen molar-refractivity contribution >= 4 is 17.6 Å². The number of aromatic carboxylic acids is 1. The number of amides is 1. The molecule has 0 aliphatic heterocycles. The van der Waals surface area contributed by atoms with Gasteiger partial charge in [0.25, 0.3) is 5.91 Å². The maximum Gasteiger partial charge on any atom is 0.335 e. The van der Waals surface area contributed by atoms with Gasteiger partial charge in [-0.25, -0.2) is 4.79 Å². The molecular weight excluding hydrogens is 318 g/mol. The lowest BCUT2D eigenvalue weighted by molar-refractivity contribution is 0.0696. The zero-order chi connectivity index (χ0) is 17.8. The number of anilines is 1. The molecule has 1 amide bonds. The number of nitrogens with one attached hydrogen (secondary N) is 1. The average Bonchev–Trinajstić information content (AvgIpc) is 2.54. The molecule has 0 aromatic heterocycles. The highest BCUT2D eigenvalue weighted by atomic mass is 16.5. The number of carbonyl (C=O) groups is 2. The molecule has 0 saturated heterocycles. The van der Waals surface area contributed by atoms with Crippen LogP contribution in [0.3, 0.4) is 0 Å². The van der Waals surface area contributed by atoms with E-state index in [9.17, 15) is 14.7 Å². The minimum absolute atomic E-state index is 0.116. The zero-order valence-electron chi connectivity index (χ0n) is 14.1. The first-order valence-corrected chi connectivity index (χ1v) is 8.34. The highest BCUT2D eigenvalue weighted by Gasteiger charge is 2.19. The van der Waals surface area contributed by atoms with E-state index in [1.165, 1.54) is 44.1 Å². The summed E-state index contributed by atoms with van der Waals surface area (Å²) in [4.78, 5) is 23.7. The normalized spacial score (nSPS) is 14.0. The van der Waals surface area contributed by atoms with Crippen molar-refractivity contribution in [1.82, 2.24) is 0 Å². The number of hydrogen-bond acceptors (Lipinski definition) is 3. The van der Waals surface area contributed by atoms with Crippen molar-refractivity contribution in [3.05, 3.63) is 64.7 Å². The molecule has 2 aromatic rings. The molecule has 130 valence electrons. The third-order valence-corrected chi connectivity index (χ3v) is 4.56. The summed E-state index contributed by atoms with van der Waals surface area (Å²) in [7, 11) is 1.54. The third kappa shape index (κ3) is 4.06. The minimum Gasteiger partial charge on any atom is -0.478 e. The van der Waals surface area contributed by atoms with Crippen LogP contribution in [0, 0.1) is 0 Å². The second kappa shape index (κ2) is 7.49. The van der Waals surface area contributed by atoms with Crippen LogP contribution in [0.2, 0.25) is 0 Å². The first-order valence-electron chi connectivity index (χ1n) is 8.34. The molecule has 5 heteroatoms. The summed E-state index contributed by atoms with van der Waals surface area (Å²) >= 11 is 0. The topological polar surface area (TPSA) is 75.6 Å². The van der Waals surface area contributed by atoms with E-state index < -0.39 is 5.97 Å². The zero-order valence-corrected chi connectivity index (χ0v) is 14.1. The number of carboxylic acid groups (broad SMARTS) is 1. The van der Waals surface area contributed by atoms with Gasteiger partial charge in [-0.05, 0) is 60.2 Å². The molecule has 2 aromatic carbocycles. The Morgan fingerprint density at radius 2 is 1.84 bits per heavy atom. The molecule has 0 spiro atoms. The Balaban J connectivity index is 1.76. The summed E-state index contributed by atoms with van der Waals surface area (Å²) in [5.41, 5.74) is 3.08. The summed E-state index contributed by atoms with van der Waals surface area (Å²) in [5, 5.41) is 12.0. The number of ether oxygens (including phenoxy) is 1. The monoisotopic (exact) mass is 339 g/mol. The van der Waals surface area contributed by atoms with Crippen LogP contribution < -0.4 is 5.32 Å². The molecule has 1 saturated carbocycles. The van der Waals surface area contributed by atoms with Crippen molar-refractivity contribution in [1.29, 1.82) is 0 Å². The van der Waals surface area contributed by atoms with Crippen LogP contribution in [-0.4, -0.2) is 24.1 Å². The van der Waals surface area contributed by atoms with E-state index in [1.54, 1.807) is 6.07 Å². The molecule has 0 unspecified atom stereocenters. The van der Waals surface area contributed by atoms with Gasteiger partial charge in [-0.3, -0.25) is 4.79 Å². The van der Waals surface area contributed by atoms with Crippen LogP contribution in [0.4, 0.5) is 5.69 Å². The van der Waals surface area contributed by atoms with Gasteiger partial charge in [0.15, 0.2) is 0 Å². The van der Waals surface area contributed by atoms with Gasteiger partial charge in [-0.2, -0.15) is 0 Å². The summed E-state index contributed by atoms with van der Waals surface area (Å²) in [6.45, 7) is 0.278. The Morgan fingerprint density at radius 3 is 2.40 bits per heavy atom. The number of carboxylic acids is 1. The van der Waals surface area contributed by atoms with Crippen molar-refractivity contribution < 1.29 is 19.4 Å². The number of hydrogen-bond donors (Lipinski definition) is 2. The fourth-order valence-corrected chi connectivity index (χ4v) is 2.99. The lowest BCUT2D eigenvalue weighted by Gasteiger charge is -2.25. The highest BCUT2D eigenvalue weighted by molar-refractivity contribution is 6.04. The second-order valence-electron chi connectivity index (χ2n) is 6.36. The maximum atomic E-state index is 12.4. The quantitative estimate of drug-likeness (QED) is 0.832. The predicted octanol–water partition coefficient (Wildman–Crippen LogP) is 4.05. The lowest BCUT2D eigenvalue weighted by atomic mass is 9.80. The molecule has 2 N–H and O–H groups in total. The van der Waals surface area contributed by atoms with E-state index in [-0.39, 0.29) is 18.1 Å². The molecule has 0 bridgehead atoms. The standard InChI is InChI=1S/C20H21NO4/c1-25-12-13-9-17(20(23)24)11-18(10-13)21-19(22)16-7-5-15(6-8-16)14-3-2-4-14/h5-11,14H,2-4,12H2,1H3,(H,21,22)(H,23,24). The van der Waals surface area contributed by atoms with Gasteiger partial charge >= 0.3 is 5.97 Å². The fourth-order valence-electron chi connectivity index (χ4n) is 2.99. The number of carbonyl (C=O) groups excluding carboxylic acids is 1. The molecule has 0 heterocycles. The van der Waals surface area contributed by atoms with Crippen molar-refractivity contribution in [2.75, 3.05) is 12.4 Å². The largest absolute Gasteiger partial charge is 0.478 e. The van der Waals surface area contributed by atoms with E-state index in [0.717, 1.165) is 0 Å². The Bertz CT molecular complexity index is 779. The van der Waals surface area contributed by atoms with Crippen molar-refractivity contribution in [3.63, 3.8) is 0 Å². The van der Waals surface area contributed by atoms with Crippen LogP contribution in [0.1, 0.15) is 57.0 Å².